The molecule has 0 atom stereocenters. The molecule has 0 aromatic heterocycles. The number of esters is 1. The van der Waals surface area contributed by atoms with Crippen LogP contribution in [0.5, 0.6) is 0 Å². The van der Waals surface area contributed by atoms with Gasteiger partial charge in [-0.15, -0.1) is 0 Å². The molecule has 1 N–H and O–H groups in total. The zero-order chi connectivity index (χ0) is 13.8. The fourth-order valence-corrected chi connectivity index (χ4v) is 2.68. The Balaban J connectivity index is 1.84. The third-order valence-electron chi connectivity index (χ3n) is 3.63. The predicted octanol–water partition coefficient (Wildman–Crippen LogP) is 0.665. The number of carbonyl (C=O) groups excluding carboxylic acids is 2. The van der Waals surface area contributed by atoms with E-state index < -0.39 is 11.2 Å². The van der Waals surface area contributed by atoms with Crippen molar-refractivity contribution in [2.45, 2.75) is 25.0 Å². The van der Waals surface area contributed by atoms with Gasteiger partial charge in [-0.1, -0.05) is 18.2 Å². The van der Waals surface area contributed by atoms with E-state index in [4.69, 9.17) is 4.74 Å². The lowest BCUT2D eigenvalue weighted by molar-refractivity contribution is -0.171. The number of likely N-dealkylation sites (tertiary alicyclic amines) is 1. The first-order valence-corrected chi connectivity index (χ1v) is 6.18. The number of nitrogens with zero attached hydrogens (tertiary/aromatic N) is 1. The van der Waals surface area contributed by atoms with E-state index in [1.807, 2.05) is 12.1 Å². The van der Waals surface area contributed by atoms with Crippen molar-refractivity contribution in [2.75, 3.05) is 13.1 Å². The van der Waals surface area contributed by atoms with Crippen LogP contribution in [0.1, 0.15) is 29.8 Å². The van der Waals surface area contributed by atoms with Crippen LogP contribution in [0.4, 0.5) is 0 Å². The minimum absolute atomic E-state index is 0.304. The Morgan fingerprint density at radius 3 is 2.63 bits per heavy atom. The summed E-state index contributed by atoms with van der Waals surface area (Å²) in [5.74, 6) is -0.690. The normalized spacial score (nSPS) is 19.9. The van der Waals surface area contributed by atoms with Crippen LogP contribution in [-0.2, 0) is 15.1 Å². The van der Waals surface area contributed by atoms with Crippen molar-refractivity contribution in [1.82, 2.24) is 4.90 Å². The molecule has 100 valence electrons. The molecule has 2 aliphatic rings. The average molecular weight is 261 g/mol. The first kappa shape index (κ1) is 12.2. The van der Waals surface area contributed by atoms with Gasteiger partial charge >= 0.3 is 5.97 Å². The maximum Gasteiger partial charge on any atom is 0.339 e. The van der Waals surface area contributed by atoms with Gasteiger partial charge in [0.2, 0.25) is 0 Å². The summed E-state index contributed by atoms with van der Waals surface area (Å²) in [7, 11) is 0. The number of hydrogen-bond acceptors (Lipinski definition) is 4. The van der Waals surface area contributed by atoms with Gasteiger partial charge in [-0.25, -0.2) is 4.79 Å². The second kappa shape index (κ2) is 3.57. The monoisotopic (exact) mass is 261 g/mol. The maximum atomic E-state index is 11.9. The molecule has 1 fully saturated rings. The van der Waals surface area contributed by atoms with Gasteiger partial charge in [0.15, 0.2) is 5.60 Å². The molecule has 0 radical (unpaired) electrons. The Hall–Kier alpha value is -1.88. The van der Waals surface area contributed by atoms with E-state index in [9.17, 15) is 14.7 Å². The van der Waals surface area contributed by atoms with Crippen LogP contribution in [0.3, 0.4) is 0 Å². The lowest BCUT2D eigenvalue weighted by atomic mass is 9.84. The molecule has 1 spiro atoms. The molecule has 5 heteroatoms. The minimum Gasteiger partial charge on any atom is -0.447 e. The van der Waals surface area contributed by atoms with E-state index in [2.05, 4.69) is 0 Å². The summed E-state index contributed by atoms with van der Waals surface area (Å²) in [4.78, 5) is 25.2. The standard InChI is InChI=1S/C14H15NO4/c1-13(2,18)12(17)15-7-14(8-15)10-6-4-3-5-9(10)11(16)19-14/h3-6,18H,7-8H2,1-2H3. The summed E-state index contributed by atoms with van der Waals surface area (Å²) in [6, 6.07) is 7.22. The third-order valence-corrected chi connectivity index (χ3v) is 3.63. The van der Waals surface area contributed by atoms with Gasteiger partial charge in [0.1, 0.15) is 5.60 Å². The van der Waals surface area contributed by atoms with Gasteiger partial charge in [-0.3, -0.25) is 4.79 Å². The molecule has 5 nitrogen and oxygen atoms in total. The van der Waals surface area contributed by atoms with Crippen molar-refractivity contribution in [3.05, 3.63) is 35.4 Å². The first-order chi connectivity index (χ1) is 8.83. The van der Waals surface area contributed by atoms with Gasteiger partial charge in [-0.05, 0) is 19.9 Å². The van der Waals surface area contributed by atoms with Gasteiger partial charge in [0, 0.05) is 5.56 Å². The molecule has 0 unspecified atom stereocenters. The zero-order valence-corrected chi connectivity index (χ0v) is 10.8. The Morgan fingerprint density at radius 2 is 2.00 bits per heavy atom. The quantitative estimate of drug-likeness (QED) is 0.754. The Labute approximate surface area is 110 Å². The number of hydrogen-bond donors (Lipinski definition) is 1. The summed E-state index contributed by atoms with van der Waals surface area (Å²) in [5.41, 5.74) is -0.712. The molecule has 0 saturated carbocycles. The minimum atomic E-state index is -1.40. The molecule has 1 amide bonds. The molecule has 2 heterocycles. The average Bonchev–Trinajstić information content (AvgIpc) is 2.60. The number of ether oxygens (including phenoxy) is 1. The number of aliphatic hydroxyl groups is 1. The van der Waals surface area contributed by atoms with Gasteiger partial charge < -0.3 is 14.7 Å². The molecule has 1 aromatic carbocycles. The van der Waals surface area contributed by atoms with E-state index in [0.29, 0.717) is 18.7 Å². The molecule has 0 bridgehead atoms. The number of amides is 1. The van der Waals surface area contributed by atoms with E-state index in [-0.39, 0.29) is 11.9 Å². The molecule has 19 heavy (non-hydrogen) atoms. The predicted molar refractivity (Wildman–Crippen MR) is 66.4 cm³/mol. The van der Waals surface area contributed by atoms with Crippen molar-refractivity contribution in [3.8, 4) is 0 Å². The highest BCUT2D eigenvalue weighted by Crippen LogP contribution is 2.43. The lowest BCUT2D eigenvalue weighted by Gasteiger charge is -2.48. The van der Waals surface area contributed by atoms with Crippen molar-refractivity contribution in [2.24, 2.45) is 0 Å². The smallest absolute Gasteiger partial charge is 0.339 e. The van der Waals surface area contributed by atoms with E-state index >= 15 is 0 Å². The van der Waals surface area contributed by atoms with E-state index in [1.54, 1.807) is 12.1 Å². The highest BCUT2D eigenvalue weighted by molar-refractivity contribution is 5.95. The highest BCUT2D eigenvalue weighted by atomic mass is 16.6. The fraction of sp³-hybridized carbons (Fsp3) is 0.429. The van der Waals surface area contributed by atoms with Crippen LogP contribution in [-0.4, -0.2) is 40.6 Å². The topological polar surface area (TPSA) is 66.8 Å². The van der Waals surface area contributed by atoms with Crippen LogP contribution in [0.15, 0.2) is 24.3 Å². The number of benzene rings is 1. The Morgan fingerprint density at radius 1 is 1.37 bits per heavy atom. The Kier molecular flexibility index (Phi) is 2.29. The SMILES string of the molecule is CC(C)(O)C(=O)N1CC2(C1)OC(=O)c1ccccc12. The summed E-state index contributed by atoms with van der Waals surface area (Å²) in [6.07, 6.45) is 0. The van der Waals surface area contributed by atoms with E-state index in [1.165, 1.54) is 18.7 Å². The molecular formula is C14H15NO4. The molecule has 3 rings (SSSR count). The lowest BCUT2D eigenvalue weighted by Crippen LogP contribution is -2.64. The van der Waals surface area contributed by atoms with Crippen LogP contribution < -0.4 is 0 Å². The molecule has 1 saturated heterocycles. The maximum absolute atomic E-state index is 11.9. The second-order valence-corrected chi connectivity index (χ2v) is 5.65. The largest absolute Gasteiger partial charge is 0.447 e. The van der Waals surface area contributed by atoms with Crippen LogP contribution in [0.2, 0.25) is 0 Å². The van der Waals surface area contributed by atoms with Crippen molar-refractivity contribution in [1.29, 1.82) is 0 Å². The molecule has 2 aliphatic heterocycles. The van der Waals surface area contributed by atoms with Crippen molar-refractivity contribution in [3.63, 3.8) is 0 Å². The number of fused-ring (bicyclic) bond motifs is 2. The molecule has 1 aromatic rings. The summed E-state index contributed by atoms with van der Waals surface area (Å²) < 4.78 is 5.43. The highest BCUT2D eigenvalue weighted by Gasteiger charge is 2.56. The van der Waals surface area contributed by atoms with Crippen LogP contribution in [0, 0.1) is 0 Å². The van der Waals surface area contributed by atoms with Crippen LogP contribution >= 0.6 is 0 Å². The Bertz CT molecular complexity index is 567. The second-order valence-electron chi connectivity index (χ2n) is 5.65. The van der Waals surface area contributed by atoms with Crippen molar-refractivity contribution >= 4 is 11.9 Å². The fourth-order valence-electron chi connectivity index (χ4n) is 2.68. The number of rotatable bonds is 1. The first-order valence-electron chi connectivity index (χ1n) is 6.18. The van der Waals surface area contributed by atoms with Crippen LogP contribution in [0.25, 0.3) is 0 Å². The zero-order valence-electron chi connectivity index (χ0n) is 10.8. The van der Waals surface area contributed by atoms with Gasteiger partial charge in [0.05, 0.1) is 18.7 Å². The van der Waals surface area contributed by atoms with E-state index in [0.717, 1.165) is 5.56 Å². The summed E-state index contributed by atoms with van der Waals surface area (Å²) in [5, 5.41) is 9.70. The number of carbonyl (C=O) groups is 2. The van der Waals surface area contributed by atoms with Gasteiger partial charge in [-0.2, -0.15) is 0 Å². The van der Waals surface area contributed by atoms with Gasteiger partial charge in [0.25, 0.3) is 5.91 Å². The summed E-state index contributed by atoms with van der Waals surface area (Å²) in [6.45, 7) is 3.51. The summed E-state index contributed by atoms with van der Waals surface area (Å²) >= 11 is 0. The molecule has 0 aliphatic carbocycles. The molecular weight excluding hydrogens is 246 g/mol. The van der Waals surface area contributed by atoms with Crippen molar-refractivity contribution < 1.29 is 19.4 Å². The third kappa shape index (κ3) is 1.65.